The number of hydrogen-bond donors (Lipinski definition) is 1. The first-order chi connectivity index (χ1) is 10.0. The average molecular weight is 357 g/mol. The van der Waals surface area contributed by atoms with Gasteiger partial charge in [-0.3, -0.25) is 9.59 Å². The maximum Gasteiger partial charge on any atom is 0.283 e. The number of nitrogens with zero attached hydrogens (tertiary/aromatic N) is 3. The largest absolute Gasteiger partial charge is 0.374 e. The molecule has 1 saturated heterocycles. The molecule has 1 aromatic rings. The third-order valence-corrected chi connectivity index (χ3v) is 4.34. The number of anilines is 1. The van der Waals surface area contributed by atoms with Crippen molar-refractivity contribution < 1.29 is 4.79 Å². The van der Waals surface area contributed by atoms with Gasteiger partial charge in [-0.05, 0) is 49.0 Å². The van der Waals surface area contributed by atoms with Crippen LogP contribution in [0.4, 0.5) is 5.69 Å². The molecule has 2 heterocycles. The summed E-state index contributed by atoms with van der Waals surface area (Å²) in [6.07, 6.45) is 4.91. The molecule has 1 aromatic heterocycles. The first-order valence-electron chi connectivity index (χ1n) is 7.29. The van der Waals surface area contributed by atoms with Gasteiger partial charge in [0.05, 0.1) is 24.5 Å². The summed E-state index contributed by atoms with van der Waals surface area (Å²) in [5.74, 6) is 0.0645. The summed E-state index contributed by atoms with van der Waals surface area (Å²) >= 11 is 3.28. The highest BCUT2D eigenvalue weighted by Gasteiger charge is 2.17. The normalized spacial score (nSPS) is 15.3. The van der Waals surface area contributed by atoms with Crippen molar-refractivity contribution in [3.8, 4) is 0 Å². The number of amides is 1. The highest BCUT2D eigenvalue weighted by Crippen LogP contribution is 2.17. The number of rotatable bonds is 4. The Morgan fingerprint density at radius 3 is 2.67 bits per heavy atom. The van der Waals surface area contributed by atoms with Gasteiger partial charge in [0.25, 0.3) is 5.56 Å². The second-order valence-corrected chi connectivity index (χ2v) is 6.30. The topological polar surface area (TPSA) is 67.2 Å². The number of likely N-dealkylation sites (tertiary alicyclic amines) is 1. The van der Waals surface area contributed by atoms with E-state index in [1.165, 1.54) is 11.1 Å². The summed E-state index contributed by atoms with van der Waals surface area (Å²) in [6.45, 7) is 5.64. The minimum atomic E-state index is -0.194. The Labute approximate surface area is 132 Å². The van der Waals surface area contributed by atoms with E-state index in [1.54, 1.807) is 6.20 Å². The number of aromatic nitrogens is 2. The molecule has 2 rings (SSSR count). The maximum atomic E-state index is 12.1. The van der Waals surface area contributed by atoms with Crippen LogP contribution in [0.5, 0.6) is 0 Å². The van der Waals surface area contributed by atoms with Crippen molar-refractivity contribution in [3.63, 3.8) is 0 Å². The Morgan fingerprint density at radius 2 is 2.05 bits per heavy atom. The fourth-order valence-electron chi connectivity index (χ4n) is 2.36. The number of nitrogens with one attached hydrogen (secondary N) is 1. The number of hydrogen-bond acceptors (Lipinski definition) is 4. The molecule has 0 atom stereocenters. The molecule has 7 heteroatoms. The van der Waals surface area contributed by atoms with Crippen molar-refractivity contribution in [2.45, 2.75) is 39.2 Å². The molecule has 0 unspecified atom stereocenters. The summed E-state index contributed by atoms with van der Waals surface area (Å²) in [6, 6.07) is -0.00201. The van der Waals surface area contributed by atoms with Crippen LogP contribution in [0.25, 0.3) is 0 Å². The van der Waals surface area contributed by atoms with Crippen LogP contribution in [-0.2, 0) is 4.79 Å². The summed E-state index contributed by atoms with van der Waals surface area (Å²) in [7, 11) is 0. The average Bonchev–Trinajstić information content (AvgIpc) is 2.49. The van der Waals surface area contributed by atoms with E-state index < -0.39 is 0 Å². The molecule has 0 radical (unpaired) electrons. The fraction of sp³-hybridized carbons (Fsp3) is 0.643. The van der Waals surface area contributed by atoms with Gasteiger partial charge in [-0.15, -0.1) is 0 Å². The lowest BCUT2D eigenvalue weighted by Crippen LogP contribution is -2.39. The van der Waals surface area contributed by atoms with Gasteiger partial charge in [0.1, 0.15) is 4.47 Å². The van der Waals surface area contributed by atoms with Gasteiger partial charge in [-0.1, -0.05) is 0 Å². The van der Waals surface area contributed by atoms with Crippen LogP contribution in [0, 0.1) is 0 Å². The highest BCUT2D eigenvalue weighted by molar-refractivity contribution is 9.10. The second kappa shape index (κ2) is 7.06. The van der Waals surface area contributed by atoms with Gasteiger partial charge in [0.2, 0.25) is 5.91 Å². The number of halogens is 1. The predicted octanol–water partition coefficient (Wildman–Crippen LogP) is 2.01. The molecule has 21 heavy (non-hydrogen) atoms. The monoisotopic (exact) mass is 356 g/mol. The molecule has 1 fully saturated rings. The summed E-state index contributed by atoms with van der Waals surface area (Å²) in [4.78, 5) is 26.1. The molecule has 0 saturated carbocycles. The molecular formula is C14H21BrN4O2. The van der Waals surface area contributed by atoms with Crippen LogP contribution >= 0.6 is 15.9 Å². The maximum absolute atomic E-state index is 12.1. The molecule has 116 valence electrons. The van der Waals surface area contributed by atoms with Crippen molar-refractivity contribution in [1.29, 1.82) is 0 Å². The van der Waals surface area contributed by atoms with E-state index in [2.05, 4.69) is 26.3 Å². The zero-order chi connectivity index (χ0) is 15.4. The zero-order valence-electron chi connectivity index (χ0n) is 12.4. The first-order valence-corrected chi connectivity index (χ1v) is 8.09. The Kier molecular flexibility index (Phi) is 5.39. The van der Waals surface area contributed by atoms with Crippen LogP contribution in [-0.4, -0.2) is 40.2 Å². The fourth-order valence-corrected chi connectivity index (χ4v) is 2.79. The lowest BCUT2D eigenvalue weighted by Gasteiger charge is -2.27. The number of piperidine rings is 1. The van der Waals surface area contributed by atoms with E-state index in [1.807, 2.05) is 18.7 Å². The van der Waals surface area contributed by atoms with E-state index in [4.69, 9.17) is 0 Å². The van der Waals surface area contributed by atoms with Crippen LogP contribution in [0.1, 0.15) is 39.2 Å². The van der Waals surface area contributed by atoms with Crippen molar-refractivity contribution >= 4 is 27.5 Å². The van der Waals surface area contributed by atoms with Crippen LogP contribution < -0.4 is 10.9 Å². The van der Waals surface area contributed by atoms with E-state index in [9.17, 15) is 9.59 Å². The Hall–Kier alpha value is -1.37. The summed E-state index contributed by atoms with van der Waals surface area (Å²) in [5.41, 5.74) is 0.364. The minimum absolute atomic E-state index is 0.00201. The minimum Gasteiger partial charge on any atom is -0.374 e. The molecule has 6 nitrogen and oxygen atoms in total. The van der Waals surface area contributed by atoms with Gasteiger partial charge >= 0.3 is 0 Å². The Bertz CT molecular complexity index is 565. The molecule has 1 amide bonds. The highest BCUT2D eigenvalue weighted by atomic mass is 79.9. The number of carbonyl (C=O) groups is 1. The smallest absolute Gasteiger partial charge is 0.283 e. The SMILES string of the molecule is CC(C)n1ncc(NCC(=O)N2CCCCC2)c(Br)c1=O. The van der Waals surface area contributed by atoms with Crippen LogP contribution in [0.15, 0.2) is 15.5 Å². The van der Waals surface area contributed by atoms with Crippen molar-refractivity contribution in [2.75, 3.05) is 25.0 Å². The summed E-state index contributed by atoms with van der Waals surface area (Å²) < 4.78 is 1.82. The van der Waals surface area contributed by atoms with E-state index in [0.29, 0.717) is 10.2 Å². The van der Waals surface area contributed by atoms with Gasteiger partial charge in [-0.2, -0.15) is 5.10 Å². The molecule has 1 aliphatic rings. The Balaban J connectivity index is 2.01. The second-order valence-electron chi connectivity index (χ2n) is 5.51. The lowest BCUT2D eigenvalue weighted by molar-refractivity contribution is -0.130. The summed E-state index contributed by atoms with van der Waals surface area (Å²) in [5, 5.41) is 7.12. The van der Waals surface area contributed by atoms with E-state index in [-0.39, 0.29) is 24.1 Å². The van der Waals surface area contributed by atoms with Crippen LogP contribution in [0.3, 0.4) is 0 Å². The lowest BCUT2D eigenvalue weighted by atomic mass is 10.1. The van der Waals surface area contributed by atoms with Crippen LogP contribution in [0.2, 0.25) is 0 Å². The molecule has 0 aliphatic carbocycles. The van der Waals surface area contributed by atoms with Crippen molar-refractivity contribution in [1.82, 2.24) is 14.7 Å². The molecule has 0 bridgehead atoms. The Morgan fingerprint density at radius 1 is 1.38 bits per heavy atom. The molecule has 0 spiro atoms. The quantitative estimate of drug-likeness (QED) is 0.895. The predicted molar refractivity (Wildman–Crippen MR) is 85.5 cm³/mol. The van der Waals surface area contributed by atoms with Crippen molar-refractivity contribution in [2.24, 2.45) is 0 Å². The third kappa shape index (κ3) is 3.84. The third-order valence-electron chi connectivity index (χ3n) is 3.57. The van der Waals surface area contributed by atoms with Crippen molar-refractivity contribution in [3.05, 3.63) is 21.0 Å². The van der Waals surface area contributed by atoms with Gasteiger partial charge in [0.15, 0.2) is 0 Å². The van der Waals surface area contributed by atoms with Gasteiger partial charge in [0, 0.05) is 13.1 Å². The van der Waals surface area contributed by atoms with Gasteiger partial charge < -0.3 is 10.2 Å². The molecule has 1 N–H and O–H groups in total. The van der Waals surface area contributed by atoms with E-state index in [0.717, 1.165) is 25.9 Å². The standard InChI is InChI=1S/C14H21BrN4O2/c1-10(2)19-14(21)13(15)11(8-17-19)16-9-12(20)18-6-4-3-5-7-18/h8,10,16H,3-7,9H2,1-2H3. The molecule has 1 aliphatic heterocycles. The van der Waals surface area contributed by atoms with E-state index >= 15 is 0 Å². The first kappa shape index (κ1) is 16.0. The van der Waals surface area contributed by atoms with Gasteiger partial charge in [-0.25, -0.2) is 4.68 Å². The number of carbonyl (C=O) groups excluding carboxylic acids is 1. The molecule has 0 aromatic carbocycles. The zero-order valence-corrected chi connectivity index (χ0v) is 14.0. The molecular weight excluding hydrogens is 336 g/mol.